The zero-order valence-corrected chi connectivity index (χ0v) is 22.0. The average Bonchev–Trinajstić information content (AvgIpc) is 3.09. The molecule has 3 aromatic carbocycles. The van der Waals surface area contributed by atoms with Crippen LogP contribution in [0.25, 0.3) is 11.1 Å². The van der Waals surface area contributed by atoms with Gasteiger partial charge in [0.15, 0.2) is 0 Å². The van der Waals surface area contributed by atoms with Crippen molar-refractivity contribution in [3.8, 4) is 5.75 Å². The number of likely N-dealkylation sites (tertiary alicyclic amines) is 1. The van der Waals surface area contributed by atoms with Crippen LogP contribution in [-0.4, -0.2) is 48.6 Å². The number of fused-ring (bicyclic) bond motifs is 1. The van der Waals surface area contributed by atoms with Crippen LogP contribution in [0.2, 0.25) is 0 Å². The number of para-hydroxylation sites is 1. The van der Waals surface area contributed by atoms with E-state index in [1.807, 2.05) is 12.1 Å². The zero-order chi connectivity index (χ0) is 28.3. The Morgan fingerprint density at radius 1 is 0.975 bits per heavy atom. The maximum atomic E-state index is 13.3. The molecule has 2 aliphatic rings. The minimum absolute atomic E-state index is 0.179. The number of hydrogen-bond acceptors (Lipinski definition) is 3. The monoisotopic (exact) mass is 553 g/mol. The summed E-state index contributed by atoms with van der Waals surface area (Å²) in [6.07, 6.45) is -1.62. The lowest BCUT2D eigenvalue weighted by Crippen LogP contribution is -2.47. The molecule has 40 heavy (non-hydrogen) atoms. The molecule has 1 aliphatic heterocycles. The van der Waals surface area contributed by atoms with E-state index in [0.717, 1.165) is 59.5 Å². The first kappa shape index (κ1) is 27.9. The quantitative estimate of drug-likeness (QED) is 0.280. The highest BCUT2D eigenvalue weighted by atomic mass is 19.4. The second-order valence-electron chi connectivity index (χ2n) is 10.5. The summed E-state index contributed by atoms with van der Waals surface area (Å²) in [5.41, 5.74) is 5.75. The van der Waals surface area contributed by atoms with Crippen LogP contribution in [-0.2, 0) is 12.8 Å². The summed E-state index contributed by atoms with van der Waals surface area (Å²) in [7, 11) is 0. The van der Waals surface area contributed by atoms with Gasteiger partial charge >= 0.3 is 12.3 Å². The average molecular weight is 554 g/mol. The fraction of sp³-hybridized carbons (Fsp3) is 0.344. The maximum absolute atomic E-state index is 13.3. The molecular formula is C32H31F4NO3. The standard InChI is InChI=1S/C32H31F4NO3/c33-15-4-16-37-19-22(20-37)17-21-9-11-23(12-10-21)30-26-14-13-25(31(38)39)18-24(26)5-3-7-28(30)27-6-1-2-8-29(27)40-32(34,35)36/h1-2,6,8-14,18,22H,3-5,7,15-17,19-20H2,(H,38,39). The molecule has 8 heteroatoms. The van der Waals surface area contributed by atoms with Crippen LogP contribution in [0.15, 0.2) is 66.7 Å². The summed E-state index contributed by atoms with van der Waals surface area (Å²) >= 11 is 0. The van der Waals surface area contributed by atoms with Gasteiger partial charge in [0.2, 0.25) is 0 Å². The summed E-state index contributed by atoms with van der Waals surface area (Å²) in [5, 5.41) is 9.55. The Balaban J connectivity index is 1.54. The number of rotatable bonds is 9. The van der Waals surface area contributed by atoms with E-state index in [9.17, 15) is 27.5 Å². The van der Waals surface area contributed by atoms with E-state index in [2.05, 4.69) is 21.8 Å². The molecule has 0 spiro atoms. The zero-order valence-electron chi connectivity index (χ0n) is 22.0. The van der Waals surface area contributed by atoms with Gasteiger partial charge in [0.1, 0.15) is 5.75 Å². The number of aryl methyl sites for hydroxylation is 1. The fourth-order valence-corrected chi connectivity index (χ4v) is 5.86. The molecule has 1 saturated heterocycles. The molecule has 0 amide bonds. The highest BCUT2D eigenvalue weighted by molar-refractivity contribution is 6.01. The van der Waals surface area contributed by atoms with Crippen LogP contribution in [0.1, 0.15) is 57.4 Å². The van der Waals surface area contributed by atoms with E-state index >= 15 is 0 Å². The molecule has 0 unspecified atom stereocenters. The van der Waals surface area contributed by atoms with Crippen molar-refractivity contribution >= 4 is 17.1 Å². The second kappa shape index (κ2) is 11.8. The summed E-state index contributed by atoms with van der Waals surface area (Å²) in [5.74, 6) is -0.767. The number of halogens is 4. The summed E-state index contributed by atoms with van der Waals surface area (Å²) in [6.45, 7) is 2.39. The molecule has 1 heterocycles. The summed E-state index contributed by atoms with van der Waals surface area (Å²) in [6, 6.07) is 19.3. The Labute approximate surface area is 230 Å². The van der Waals surface area contributed by atoms with Crippen molar-refractivity contribution < 1.29 is 32.2 Å². The third-order valence-corrected chi connectivity index (χ3v) is 7.64. The molecule has 210 valence electrons. The highest BCUT2D eigenvalue weighted by Crippen LogP contribution is 2.43. The van der Waals surface area contributed by atoms with Crippen LogP contribution < -0.4 is 4.74 Å². The molecule has 5 rings (SSSR count). The largest absolute Gasteiger partial charge is 0.573 e. The first-order valence-corrected chi connectivity index (χ1v) is 13.5. The molecule has 0 atom stereocenters. The molecule has 1 fully saturated rings. The first-order valence-electron chi connectivity index (χ1n) is 13.5. The molecule has 3 aromatic rings. The van der Waals surface area contributed by atoms with Crippen molar-refractivity contribution in [1.82, 2.24) is 4.90 Å². The minimum Gasteiger partial charge on any atom is -0.478 e. The van der Waals surface area contributed by atoms with Gasteiger partial charge in [0.05, 0.1) is 12.2 Å². The van der Waals surface area contributed by atoms with Gasteiger partial charge in [0, 0.05) is 25.2 Å². The van der Waals surface area contributed by atoms with Crippen molar-refractivity contribution in [2.75, 3.05) is 26.3 Å². The van der Waals surface area contributed by atoms with Crippen molar-refractivity contribution in [2.24, 2.45) is 5.92 Å². The van der Waals surface area contributed by atoms with E-state index in [4.69, 9.17) is 0 Å². The molecule has 0 aromatic heterocycles. The predicted octanol–water partition coefficient (Wildman–Crippen LogP) is 7.41. The summed E-state index contributed by atoms with van der Waals surface area (Å²) in [4.78, 5) is 13.9. The van der Waals surface area contributed by atoms with Crippen LogP contribution >= 0.6 is 0 Å². The fourth-order valence-electron chi connectivity index (χ4n) is 5.86. The van der Waals surface area contributed by atoms with E-state index in [-0.39, 0.29) is 18.0 Å². The van der Waals surface area contributed by atoms with E-state index < -0.39 is 12.3 Å². The number of carboxylic acid groups (broad SMARTS) is 1. The lowest BCUT2D eigenvalue weighted by molar-refractivity contribution is -0.274. The van der Waals surface area contributed by atoms with Gasteiger partial charge in [0.25, 0.3) is 0 Å². The number of ether oxygens (including phenoxy) is 1. The van der Waals surface area contributed by atoms with Gasteiger partial charge in [-0.15, -0.1) is 13.2 Å². The molecule has 4 nitrogen and oxygen atoms in total. The third-order valence-electron chi connectivity index (χ3n) is 7.64. The molecular weight excluding hydrogens is 522 g/mol. The van der Waals surface area contributed by atoms with Gasteiger partial charge < -0.3 is 14.7 Å². The van der Waals surface area contributed by atoms with Crippen LogP contribution in [0.3, 0.4) is 0 Å². The molecule has 0 saturated carbocycles. The number of nitrogens with zero attached hydrogens (tertiary/aromatic N) is 1. The molecule has 1 aliphatic carbocycles. The van der Waals surface area contributed by atoms with Gasteiger partial charge in [-0.25, -0.2) is 4.79 Å². The first-order chi connectivity index (χ1) is 19.2. The van der Waals surface area contributed by atoms with Gasteiger partial charge in [-0.2, -0.15) is 0 Å². The highest BCUT2D eigenvalue weighted by Gasteiger charge is 2.33. The number of aromatic carboxylic acids is 1. The Morgan fingerprint density at radius 2 is 1.73 bits per heavy atom. The second-order valence-corrected chi connectivity index (χ2v) is 10.5. The van der Waals surface area contributed by atoms with Gasteiger partial charge in [-0.3, -0.25) is 4.39 Å². The van der Waals surface area contributed by atoms with Gasteiger partial charge in [-0.1, -0.05) is 48.5 Å². The van der Waals surface area contributed by atoms with Crippen LogP contribution in [0, 0.1) is 5.92 Å². The normalized spacial score (nSPS) is 16.3. The number of benzene rings is 3. The molecule has 0 bridgehead atoms. The lowest BCUT2D eigenvalue weighted by atomic mass is 9.86. The summed E-state index contributed by atoms with van der Waals surface area (Å²) < 4.78 is 56.8. The van der Waals surface area contributed by atoms with E-state index in [1.54, 1.807) is 30.3 Å². The smallest absolute Gasteiger partial charge is 0.478 e. The van der Waals surface area contributed by atoms with E-state index in [1.165, 1.54) is 12.1 Å². The number of carboxylic acids is 1. The number of hydrogen-bond donors (Lipinski definition) is 1. The lowest BCUT2D eigenvalue weighted by Gasteiger charge is -2.39. The van der Waals surface area contributed by atoms with Crippen LogP contribution in [0.5, 0.6) is 5.75 Å². The maximum Gasteiger partial charge on any atom is 0.573 e. The van der Waals surface area contributed by atoms with Crippen molar-refractivity contribution in [1.29, 1.82) is 0 Å². The van der Waals surface area contributed by atoms with Gasteiger partial charge in [-0.05, 0) is 89.6 Å². The topological polar surface area (TPSA) is 49.8 Å². The Bertz CT molecular complexity index is 1390. The SMILES string of the molecule is O=C(O)c1ccc2c(c1)CCCC(c1ccccc1OC(F)(F)F)=C2c1ccc(CC2CN(CCCF)C2)cc1. The van der Waals surface area contributed by atoms with Crippen LogP contribution in [0.4, 0.5) is 17.6 Å². The molecule has 0 radical (unpaired) electrons. The number of carbonyl (C=O) groups is 1. The third kappa shape index (κ3) is 6.39. The Morgan fingerprint density at radius 3 is 2.42 bits per heavy atom. The van der Waals surface area contributed by atoms with Crippen molar-refractivity contribution in [3.05, 3.63) is 100 Å². The Kier molecular flexibility index (Phi) is 8.26. The predicted molar refractivity (Wildman–Crippen MR) is 146 cm³/mol. The van der Waals surface area contributed by atoms with Crippen molar-refractivity contribution in [3.63, 3.8) is 0 Å². The van der Waals surface area contributed by atoms with Crippen molar-refractivity contribution in [2.45, 2.75) is 38.5 Å². The van der Waals surface area contributed by atoms with E-state index in [0.29, 0.717) is 37.2 Å². The number of alkyl halides is 4. The Hall–Kier alpha value is -3.65. The molecule has 1 N–H and O–H groups in total. The minimum atomic E-state index is -4.83. The number of allylic oxidation sites excluding steroid dienone is 1.